The van der Waals surface area contributed by atoms with Crippen molar-refractivity contribution in [2.45, 2.75) is 408 Å². The average Bonchev–Trinajstić information content (AvgIpc) is 3.70. The summed E-state index contributed by atoms with van der Waals surface area (Å²) in [6.45, 7) is 14.2. The summed E-state index contributed by atoms with van der Waals surface area (Å²) in [6.07, 6.45) is 51.5. The van der Waals surface area contributed by atoms with Crippen molar-refractivity contribution < 1.29 is 80.2 Å². The minimum absolute atomic E-state index is 0.106. The lowest BCUT2D eigenvalue weighted by Crippen LogP contribution is -2.30. The highest BCUT2D eigenvalue weighted by Gasteiger charge is 2.30. The SMILES string of the molecule is CCC(C)CCCCCCCCC(=O)OC[C@H](COP(=O)(O)OCC(O)COP(=O)(O)OC[C@@H](COC(=O)CCCCCCCCCC(C)C)OC(=O)CCCCCCCCCCCCCCCCC(C)C)OC(=O)CCCCCCCCCCCCCCCCCCC(C)C. The lowest BCUT2D eigenvalue weighted by molar-refractivity contribution is -0.161. The first-order chi connectivity index (χ1) is 46.1. The van der Waals surface area contributed by atoms with Crippen LogP contribution in [0.5, 0.6) is 0 Å². The molecular weight excluding hydrogens is 1260 g/mol. The fraction of sp³-hybridized carbons (Fsp3) is 0.948. The normalized spacial score (nSPS) is 14.4. The number of ether oxygens (including phenoxy) is 4. The number of carbonyl (C=O) groups excluding carboxylic acids is 4. The summed E-state index contributed by atoms with van der Waals surface area (Å²) in [7, 11) is -9.91. The van der Waals surface area contributed by atoms with Crippen molar-refractivity contribution in [3.05, 3.63) is 0 Å². The number of phosphoric ester groups is 2. The van der Waals surface area contributed by atoms with E-state index >= 15 is 0 Å². The van der Waals surface area contributed by atoms with Crippen molar-refractivity contribution in [2.24, 2.45) is 23.7 Å². The molecule has 0 spiro atoms. The largest absolute Gasteiger partial charge is 0.472 e. The molecule has 0 heterocycles. The van der Waals surface area contributed by atoms with E-state index in [-0.39, 0.29) is 25.7 Å². The van der Waals surface area contributed by atoms with Gasteiger partial charge in [0.15, 0.2) is 12.2 Å². The number of aliphatic hydroxyl groups excluding tert-OH is 1. The number of hydrogen-bond acceptors (Lipinski definition) is 15. The summed E-state index contributed by atoms with van der Waals surface area (Å²) in [6, 6.07) is 0. The molecule has 0 aromatic rings. The van der Waals surface area contributed by atoms with Crippen LogP contribution in [-0.4, -0.2) is 96.7 Å². The molecular formula is C77H150O17P2. The summed E-state index contributed by atoms with van der Waals surface area (Å²) in [5.74, 6) is 0.918. The molecule has 0 aromatic carbocycles. The Labute approximate surface area is 588 Å². The highest BCUT2D eigenvalue weighted by molar-refractivity contribution is 7.47. The van der Waals surface area contributed by atoms with Gasteiger partial charge in [-0.2, -0.15) is 0 Å². The minimum Gasteiger partial charge on any atom is -0.462 e. The van der Waals surface area contributed by atoms with Crippen LogP contribution >= 0.6 is 15.6 Å². The lowest BCUT2D eigenvalue weighted by Gasteiger charge is -2.21. The van der Waals surface area contributed by atoms with Gasteiger partial charge in [-0.25, -0.2) is 9.13 Å². The summed E-state index contributed by atoms with van der Waals surface area (Å²) in [5.41, 5.74) is 0. The van der Waals surface area contributed by atoms with Gasteiger partial charge >= 0.3 is 39.5 Å². The van der Waals surface area contributed by atoms with Gasteiger partial charge in [0.2, 0.25) is 0 Å². The molecule has 3 N–H and O–H groups in total. The van der Waals surface area contributed by atoms with Crippen molar-refractivity contribution in [3.63, 3.8) is 0 Å². The predicted octanol–water partition coefficient (Wildman–Crippen LogP) is 22.4. The number of unbranched alkanes of at least 4 members (excludes halogenated alkanes) is 39. The predicted molar refractivity (Wildman–Crippen MR) is 391 cm³/mol. The van der Waals surface area contributed by atoms with Crippen LogP contribution in [0.15, 0.2) is 0 Å². The Kier molecular flexibility index (Phi) is 65.0. The van der Waals surface area contributed by atoms with Crippen LogP contribution in [0.2, 0.25) is 0 Å². The van der Waals surface area contributed by atoms with Gasteiger partial charge in [0.05, 0.1) is 26.4 Å². The monoisotopic (exact) mass is 1410 g/mol. The summed E-state index contributed by atoms with van der Waals surface area (Å²) in [5, 5.41) is 10.6. The van der Waals surface area contributed by atoms with Crippen LogP contribution in [0, 0.1) is 23.7 Å². The maximum Gasteiger partial charge on any atom is 0.472 e. The van der Waals surface area contributed by atoms with Crippen molar-refractivity contribution in [1.29, 1.82) is 0 Å². The quantitative estimate of drug-likeness (QED) is 0.0222. The molecule has 4 unspecified atom stereocenters. The zero-order valence-corrected chi connectivity index (χ0v) is 64.8. The zero-order chi connectivity index (χ0) is 71.0. The summed E-state index contributed by atoms with van der Waals surface area (Å²) >= 11 is 0. The third-order valence-electron chi connectivity index (χ3n) is 18.2. The molecule has 6 atom stereocenters. The fourth-order valence-corrected chi connectivity index (χ4v) is 13.3. The maximum absolute atomic E-state index is 13.1. The first kappa shape index (κ1) is 94.1. The molecule has 0 aromatic heterocycles. The number of hydrogen-bond donors (Lipinski definition) is 3. The van der Waals surface area contributed by atoms with E-state index in [9.17, 15) is 43.2 Å². The van der Waals surface area contributed by atoms with E-state index in [1.54, 1.807) is 0 Å². The molecule has 0 amide bonds. The summed E-state index contributed by atoms with van der Waals surface area (Å²) in [4.78, 5) is 72.8. The molecule has 570 valence electrons. The van der Waals surface area contributed by atoms with E-state index in [0.717, 1.165) is 120 Å². The van der Waals surface area contributed by atoms with Crippen molar-refractivity contribution >= 4 is 39.5 Å². The van der Waals surface area contributed by atoms with Crippen LogP contribution in [0.1, 0.15) is 389 Å². The minimum atomic E-state index is -4.96. The molecule has 0 bridgehead atoms. The molecule has 0 saturated heterocycles. The number of rotatable bonds is 74. The second-order valence-electron chi connectivity index (χ2n) is 29.4. The molecule has 0 fully saturated rings. The van der Waals surface area contributed by atoms with E-state index in [2.05, 4.69) is 55.4 Å². The molecule has 0 aliphatic rings. The molecule has 0 aliphatic carbocycles. The van der Waals surface area contributed by atoms with Crippen LogP contribution in [0.3, 0.4) is 0 Å². The van der Waals surface area contributed by atoms with Crippen molar-refractivity contribution in [1.82, 2.24) is 0 Å². The zero-order valence-electron chi connectivity index (χ0n) is 63.0. The van der Waals surface area contributed by atoms with Gasteiger partial charge in [-0.05, 0) is 49.4 Å². The first-order valence-electron chi connectivity index (χ1n) is 39.7. The third-order valence-corrected chi connectivity index (χ3v) is 20.1. The molecule has 0 rings (SSSR count). The Balaban J connectivity index is 5.20. The first-order valence-corrected chi connectivity index (χ1v) is 42.7. The van der Waals surface area contributed by atoms with Gasteiger partial charge in [0.1, 0.15) is 19.3 Å². The Morgan fingerprint density at radius 2 is 0.500 bits per heavy atom. The Morgan fingerprint density at radius 1 is 0.292 bits per heavy atom. The average molecular weight is 1410 g/mol. The van der Waals surface area contributed by atoms with Gasteiger partial charge in [-0.15, -0.1) is 0 Å². The standard InChI is InChI=1S/C77H150O17P2/c1-9-70(8)56-48-40-35-36-42-50-58-75(80)88-64-73(94-77(82)60-51-43-32-26-22-18-13-11-10-12-16-20-24-29-37-45-53-67(2)3)66-92-96(85,86)90-62-71(78)61-89-95(83,84)91-65-72(63-87-74(79)57-49-41-34-28-31-39-47-55-69(6)7)93-76(81)59-52-44-33-27-23-19-15-14-17-21-25-30-38-46-54-68(4)5/h67-73,78H,9-66H2,1-8H3,(H,83,84)(H,85,86)/t70?,71?,72-,73-/m1/s1. The van der Waals surface area contributed by atoms with Crippen molar-refractivity contribution in [2.75, 3.05) is 39.6 Å². The fourth-order valence-electron chi connectivity index (χ4n) is 11.7. The van der Waals surface area contributed by atoms with Crippen molar-refractivity contribution in [3.8, 4) is 0 Å². The van der Waals surface area contributed by atoms with E-state index in [1.807, 2.05) is 0 Å². The molecule has 96 heavy (non-hydrogen) atoms. The van der Waals surface area contributed by atoms with E-state index in [4.69, 9.17) is 37.0 Å². The van der Waals surface area contributed by atoms with Gasteiger partial charge in [-0.1, -0.05) is 338 Å². The highest BCUT2D eigenvalue weighted by atomic mass is 31.2. The second kappa shape index (κ2) is 66.3. The third kappa shape index (κ3) is 69.2. The number of phosphoric acid groups is 2. The smallest absolute Gasteiger partial charge is 0.462 e. The van der Waals surface area contributed by atoms with Crippen LogP contribution < -0.4 is 0 Å². The number of aliphatic hydroxyl groups is 1. The Bertz CT molecular complexity index is 1890. The molecule has 19 heteroatoms. The molecule has 0 saturated carbocycles. The topological polar surface area (TPSA) is 237 Å². The van der Waals surface area contributed by atoms with Gasteiger partial charge in [-0.3, -0.25) is 37.3 Å². The maximum atomic E-state index is 13.1. The number of esters is 4. The summed E-state index contributed by atoms with van der Waals surface area (Å²) < 4.78 is 68.5. The number of carbonyl (C=O) groups is 4. The van der Waals surface area contributed by atoms with Gasteiger partial charge < -0.3 is 33.8 Å². The Morgan fingerprint density at radius 3 is 0.740 bits per heavy atom. The lowest BCUT2D eigenvalue weighted by atomic mass is 10.00. The van der Waals surface area contributed by atoms with Gasteiger partial charge in [0.25, 0.3) is 0 Å². The Hall–Kier alpha value is -1.94. The van der Waals surface area contributed by atoms with Gasteiger partial charge in [0, 0.05) is 25.7 Å². The van der Waals surface area contributed by atoms with Crippen LogP contribution in [-0.2, 0) is 65.4 Å². The van der Waals surface area contributed by atoms with E-state index in [0.29, 0.717) is 31.6 Å². The molecule has 17 nitrogen and oxygen atoms in total. The molecule has 0 aliphatic heterocycles. The van der Waals surface area contributed by atoms with Crippen LogP contribution in [0.4, 0.5) is 0 Å². The van der Waals surface area contributed by atoms with E-state index < -0.39 is 97.5 Å². The molecule has 0 radical (unpaired) electrons. The highest BCUT2D eigenvalue weighted by Crippen LogP contribution is 2.45. The van der Waals surface area contributed by atoms with E-state index in [1.165, 1.54) is 180 Å². The van der Waals surface area contributed by atoms with Crippen LogP contribution in [0.25, 0.3) is 0 Å². The second-order valence-corrected chi connectivity index (χ2v) is 32.3.